The molecule has 0 aliphatic carbocycles. The summed E-state index contributed by atoms with van der Waals surface area (Å²) in [5.74, 6) is -0.464. The van der Waals surface area contributed by atoms with Gasteiger partial charge in [-0.3, -0.25) is 4.72 Å². The third-order valence-electron chi connectivity index (χ3n) is 1.93. The second-order valence-corrected chi connectivity index (χ2v) is 5.48. The molecular formula is C10H14FNO2S. The number of hydrogen-bond donors (Lipinski definition) is 1. The molecule has 0 fully saturated rings. The van der Waals surface area contributed by atoms with Crippen LogP contribution in [0.2, 0.25) is 0 Å². The molecule has 0 radical (unpaired) electrons. The lowest BCUT2D eigenvalue weighted by Crippen LogP contribution is -2.12. The molecule has 84 valence electrons. The summed E-state index contributed by atoms with van der Waals surface area (Å²) in [5, 5.41) is 0. The topological polar surface area (TPSA) is 46.2 Å². The first-order chi connectivity index (χ1) is 6.81. The third kappa shape index (κ3) is 3.20. The molecule has 0 aromatic heterocycles. The van der Waals surface area contributed by atoms with E-state index in [1.54, 1.807) is 6.07 Å². The Hall–Kier alpha value is -1.10. The van der Waals surface area contributed by atoms with Crippen LogP contribution in [0.25, 0.3) is 0 Å². The minimum atomic E-state index is -3.37. The van der Waals surface area contributed by atoms with Gasteiger partial charge in [-0.05, 0) is 18.1 Å². The summed E-state index contributed by atoms with van der Waals surface area (Å²) in [6.07, 6.45) is 1.04. The highest BCUT2D eigenvalue weighted by molar-refractivity contribution is 7.92. The van der Waals surface area contributed by atoms with E-state index in [0.717, 1.165) is 6.26 Å². The molecule has 0 saturated heterocycles. The van der Waals surface area contributed by atoms with Gasteiger partial charge in [0.1, 0.15) is 5.82 Å². The van der Waals surface area contributed by atoms with Crippen LogP contribution in [0, 0.1) is 5.82 Å². The summed E-state index contributed by atoms with van der Waals surface area (Å²) in [6.45, 7) is 3.62. The molecule has 1 aromatic rings. The number of anilines is 1. The summed E-state index contributed by atoms with van der Waals surface area (Å²) < 4.78 is 37.9. The van der Waals surface area contributed by atoms with Gasteiger partial charge in [0.25, 0.3) is 0 Å². The van der Waals surface area contributed by atoms with Crippen LogP contribution in [0.5, 0.6) is 0 Å². The Bertz CT molecular complexity index is 454. The Morgan fingerprint density at radius 3 is 2.40 bits per heavy atom. The zero-order chi connectivity index (χ0) is 11.6. The molecule has 1 aromatic carbocycles. The standard InChI is InChI=1S/C10H14FNO2S/c1-7(2)10-8(11)5-4-6-9(10)12-15(3,13)14/h4-7,12H,1-3H3. The molecule has 1 N–H and O–H groups in total. The quantitative estimate of drug-likeness (QED) is 0.867. The SMILES string of the molecule is CC(C)c1c(F)cccc1NS(C)(=O)=O. The van der Waals surface area contributed by atoms with E-state index in [4.69, 9.17) is 0 Å². The molecule has 15 heavy (non-hydrogen) atoms. The molecule has 0 amide bonds. The molecule has 1 rings (SSSR count). The predicted octanol–water partition coefficient (Wildman–Crippen LogP) is 2.32. The summed E-state index contributed by atoms with van der Waals surface area (Å²) in [7, 11) is -3.37. The van der Waals surface area contributed by atoms with E-state index in [9.17, 15) is 12.8 Å². The predicted molar refractivity (Wildman–Crippen MR) is 59.0 cm³/mol. The van der Waals surface area contributed by atoms with Gasteiger partial charge in [-0.2, -0.15) is 0 Å². The van der Waals surface area contributed by atoms with Crippen molar-refractivity contribution in [3.8, 4) is 0 Å². The molecule has 0 spiro atoms. The molecule has 0 aliphatic rings. The van der Waals surface area contributed by atoms with E-state index in [-0.39, 0.29) is 5.92 Å². The number of nitrogens with one attached hydrogen (secondary N) is 1. The van der Waals surface area contributed by atoms with Crippen LogP contribution < -0.4 is 4.72 Å². The van der Waals surface area contributed by atoms with Crippen LogP contribution in [0.15, 0.2) is 18.2 Å². The minimum absolute atomic E-state index is 0.0737. The van der Waals surface area contributed by atoms with Gasteiger partial charge in [-0.15, -0.1) is 0 Å². The van der Waals surface area contributed by atoms with Crippen molar-refractivity contribution in [3.63, 3.8) is 0 Å². The fourth-order valence-electron chi connectivity index (χ4n) is 1.41. The number of benzene rings is 1. The van der Waals surface area contributed by atoms with Crippen LogP contribution in [-0.4, -0.2) is 14.7 Å². The number of sulfonamides is 1. The van der Waals surface area contributed by atoms with Crippen molar-refractivity contribution in [2.24, 2.45) is 0 Å². The second-order valence-electron chi connectivity index (χ2n) is 3.73. The normalized spacial score (nSPS) is 11.8. The fraction of sp³-hybridized carbons (Fsp3) is 0.400. The molecule has 0 aliphatic heterocycles. The lowest BCUT2D eigenvalue weighted by atomic mass is 10.0. The maximum atomic E-state index is 13.4. The first kappa shape index (κ1) is 12.0. The van der Waals surface area contributed by atoms with Crippen molar-refractivity contribution < 1.29 is 12.8 Å². The average Bonchev–Trinajstić information content (AvgIpc) is 1.99. The Kier molecular flexibility index (Phi) is 3.34. The first-order valence-corrected chi connectivity index (χ1v) is 6.46. The van der Waals surface area contributed by atoms with Gasteiger partial charge in [-0.1, -0.05) is 19.9 Å². The molecule has 0 bridgehead atoms. The molecule has 0 atom stereocenters. The maximum absolute atomic E-state index is 13.4. The van der Waals surface area contributed by atoms with Gasteiger partial charge in [0.15, 0.2) is 0 Å². The lowest BCUT2D eigenvalue weighted by Gasteiger charge is -2.14. The van der Waals surface area contributed by atoms with E-state index in [1.807, 2.05) is 13.8 Å². The van der Waals surface area contributed by atoms with Crippen molar-refractivity contribution in [2.45, 2.75) is 19.8 Å². The summed E-state index contributed by atoms with van der Waals surface area (Å²) in [4.78, 5) is 0. The van der Waals surface area contributed by atoms with Gasteiger partial charge in [-0.25, -0.2) is 12.8 Å². The Labute approximate surface area is 89.4 Å². The van der Waals surface area contributed by atoms with Crippen molar-refractivity contribution in [1.82, 2.24) is 0 Å². The van der Waals surface area contributed by atoms with E-state index in [0.29, 0.717) is 11.3 Å². The molecule has 5 heteroatoms. The highest BCUT2D eigenvalue weighted by Gasteiger charge is 2.14. The van der Waals surface area contributed by atoms with E-state index >= 15 is 0 Å². The third-order valence-corrected chi connectivity index (χ3v) is 2.52. The van der Waals surface area contributed by atoms with Gasteiger partial charge >= 0.3 is 0 Å². The van der Waals surface area contributed by atoms with Crippen LogP contribution >= 0.6 is 0 Å². The summed E-state index contributed by atoms with van der Waals surface area (Å²) in [5.41, 5.74) is 0.704. The molecule has 0 saturated carbocycles. The van der Waals surface area contributed by atoms with E-state index in [1.165, 1.54) is 12.1 Å². The van der Waals surface area contributed by atoms with Gasteiger partial charge in [0.05, 0.1) is 11.9 Å². The monoisotopic (exact) mass is 231 g/mol. The van der Waals surface area contributed by atoms with Gasteiger partial charge in [0.2, 0.25) is 10.0 Å². The van der Waals surface area contributed by atoms with Gasteiger partial charge < -0.3 is 0 Å². The van der Waals surface area contributed by atoms with E-state index < -0.39 is 15.8 Å². The zero-order valence-electron chi connectivity index (χ0n) is 8.91. The number of rotatable bonds is 3. The summed E-state index contributed by atoms with van der Waals surface area (Å²) >= 11 is 0. The van der Waals surface area contributed by atoms with E-state index in [2.05, 4.69) is 4.72 Å². The smallest absolute Gasteiger partial charge is 0.229 e. The Balaban J connectivity index is 3.24. The first-order valence-electron chi connectivity index (χ1n) is 4.57. The highest BCUT2D eigenvalue weighted by atomic mass is 32.2. The van der Waals surface area contributed by atoms with Gasteiger partial charge in [0, 0.05) is 5.56 Å². The molecule has 0 unspecified atom stereocenters. The largest absolute Gasteiger partial charge is 0.283 e. The molecule has 3 nitrogen and oxygen atoms in total. The Morgan fingerprint density at radius 1 is 1.33 bits per heavy atom. The maximum Gasteiger partial charge on any atom is 0.229 e. The van der Waals surface area contributed by atoms with Crippen molar-refractivity contribution in [2.75, 3.05) is 11.0 Å². The second kappa shape index (κ2) is 4.18. The van der Waals surface area contributed by atoms with Crippen LogP contribution in [0.4, 0.5) is 10.1 Å². The molecule has 0 heterocycles. The zero-order valence-corrected chi connectivity index (χ0v) is 9.73. The van der Waals surface area contributed by atoms with Crippen molar-refractivity contribution >= 4 is 15.7 Å². The highest BCUT2D eigenvalue weighted by Crippen LogP contribution is 2.27. The van der Waals surface area contributed by atoms with Crippen LogP contribution in [0.1, 0.15) is 25.3 Å². The molecular weight excluding hydrogens is 217 g/mol. The average molecular weight is 231 g/mol. The van der Waals surface area contributed by atoms with Crippen molar-refractivity contribution in [1.29, 1.82) is 0 Å². The fourth-order valence-corrected chi connectivity index (χ4v) is 1.99. The number of hydrogen-bond acceptors (Lipinski definition) is 2. The number of halogens is 1. The lowest BCUT2D eigenvalue weighted by molar-refractivity contribution is 0.598. The van der Waals surface area contributed by atoms with Crippen molar-refractivity contribution in [3.05, 3.63) is 29.6 Å². The summed E-state index contributed by atoms with van der Waals surface area (Å²) in [6, 6.07) is 4.36. The van der Waals surface area contributed by atoms with Crippen LogP contribution in [-0.2, 0) is 10.0 Å². The minimum Gasteiger partial charge on any atom is -0.283 e. The van der Waals surface area contributed by atoms with Crippen LogP contribution in [0.3, 0.4) is 0 Å². The Morgan fingerprint density at radius 2 is 1.93 bits per heavy atom.